The van der Waals surface area contributed by atoms with E-state index in [2.05, 4.69) is 4.98 Å². The highest BCUT2D eigenvalue weighted by Gasteiger charge is 2.06. The first-order chi connectivity index (χ1) is 9.13. The maximum Gasteiger partial charge on any atom is 0.222 e. The van der Waals surface area contributed by atoms with Crippen LogP contribution in [0, 0.1) is 6.92 Å². The Morgan fingerprint density at radius 2 is 2.11 bits per heavy atom. The Bertz CT molecular complexity index is 584. The van der Waals surface area contributed by atoms with Gasteiger partial charge in [0.25, 0.3) is 0 Å². The molecule has 1 N–H and O–H groups in total. The van der Waals surface area contributed by atoms with Gasteiger partial charge in [0.15, 0.2) is 0 Å². The summed E-state index contributed by atoms with van der Waals surface area (Å²) in [6.07, 6.45) is 2.46. The summed E-state index contributed by atoms with van der Waals surface area (Å²) in [5.74, 6) is 1.26. The minimum absolute atomic E-state index is 0.0188. The highest BCUT2D eigenvalue weighted by molar-refractivity contribution is 6.31. The molecule has 1 aromatic carbocycles. The number of hydrogen-bond acceptors (Lipinski definition) is 3. The summed E-state index contributed by atoms with van der Waals surface area (Å²) in [5.41, 5.74) is 2.71. The molecule has 0 fully saturated rings. The number of aryl methyl sites for hydroxylation is 2. The van der Waals surface area contributed by atoms with Crippen LogP contribution >= 0.6 is 11.6 Å². The summed E-state index contributed by atoms with van der Waals surface area (Å²) in [4.78, 5) is 4.21. The Morgan fingerprint density at radius 1 is 1.32 bits per heavy atom. The third-order valence-corrected chi connectivity index (χ3v) is 3.25. The zero-order valence-electron chi connectivity index (χ0n) is 11.0. The first-order valence-corrected chi connectivity index (χ1v) is 6.54. The van der Waals surface area contributed by atoms with Crippen molar-refractivity contribution in [1.82, 2.24) is 4.98 Å². The van der Waals surface area contributed by atoms with Crippen LogP contribution in [-0.2, 0) is 13.0 Å². The number of aliphatic hydroxyl groups excluding tert-OH is 1. The molecule has 0 unspecified atom stereocenters. The Labute approximate surface area is 117 Å². The Hall–Kier alpha value is -1.58. The number of benzene rings is 1. The Balaban J connectivity index is 2.26. The van der Waals surface area contributed by atoms with Crippen LogP contribution in [0.1, 0.15) is 23.6 Å². The van der Waals surface area contributed by atoms with Crippen LogP contribution in [0.3, 0.4) is 0 Å². The van der Waals surface area contributed by atoms with Gasteiger partial charge in [0.05, 0.1) is 6.61 Å². The number of aromatic nitrogens is 1. The van der Waals surface area contributed by atoms with Crippen molar-refractivity contribution in [3.63, 3.8) is 0 Å². The number of nitrogens with zero attached hydrogens (tertiary/aromatic N) is 1. The fourth-order valence-corrected chi connectivity index (χ4v) is 2.06. The van der Waals surface area contributed by atoms with Crippen molar-refractivity contribution in [2.45, 2.75) is 26.9 Å². The van der Waals surface area contributed by atoms with Gasteiger partial charge >= 0.3 is 0 Å². The lowest BCUT2D eigenvalue weighted by molar-refractivity contribution is 0.281. The van der Waals surface area contributed by atoms with Crippen LogP contribution in [-0.4, -0.2) is 10.1 Å². The summed E-state index contributed by atoms with van der Waals surface area (Å²) >= 11 is 6.07. The molecule has 0 amide bonds. The summed E-state index contributed by atoms with van der Waals surface area (Å²) in [5, 5.41) is 9.79. The van der Waals surface area contributed by atoms with Crippen LogP contribution in [0.2, 0.25) is 5.02 Å². The molecule has 0 aliphatic rings. The lowest BCUT2D eigenvalue weighted by atomic mass is 10.1. The monoisotopic (exact) mass is 277 g/mol. The second-order valence-electron chi connectivity index (χ2n) is 4.33. The highest BCUT2D eigenvalue weighted by atomic mass is 35.5. The van der Waals surface area contributed by atoms with Crippen LogP contribution in [0.15, 0.2) is 30.5 Å². The molecular formula is C15H16ClNO2. The zero-order valence-corrected chi connectivity index (χ0v) is 11.7. The number of rotatable bonds is 4. The minimum atomic E-state index is -0.0188. The lowest BCUT2D eigenvalue weighted by Crippen LogP contribution is -1.95. The largest absolute Gasteiger partial charge is 0.439 e. The van der Waals surface area contributed by atoms with E-state index in [4.69, 9.17) is 21.4 Å². The summed E-state index contributed by atoms with van der Waals surface area (Å²) < 4.78 is 5.75. The molecule has 0 aliphatic carbocycles. The van der Waals surface area contributed by atoms with E-state index in [1.165, 1.54) is 0 Å². The van der Waals surface area contributed by atoms with Gasteiger partial charge in [0, 0.05) is 16.8 Å². The van der Waals surface area contributed by atoms with Gasteiger partial charge in [-0.1, -0.05) is 18.5 Å². The molecule has 2 rings (SSSR count). The van der Waals surface area contributed by atoms with Crippen molar-refractivity contribution in [3.05, 3.63) is 52.2 Å². The molecule has 0 radical (unpaired) electrons. The van der Waals surface area contributed by atoms with E-state index in [0.29, 0.717) is 11.6 Å². The second-order valence-corrected chi connectivity index (χ2v) is 4.74. The van der Waals surface area contributed by atoms with Crippen LogP contribution in [0.25, 0.3) is 0 Å². The van der Waals surface area contributed by atoms with Crippen molar-refractivity contribution >= 4 is 11.6 Å². The van der Waals surface area contributed by atoms with Crippen LogP contribution in [0.4, 0.5) is 0 Å². The molecule has 2 aromatic rings. The average molecular weight is 278 g/mol. The zero-order chi connectivity index (χ0) is 13.8. The molecule has 100 valence electrons. The molecule has 19 heavy (non-hydrogen) atoms. The van der Waals surface area contributed by atoms with E-state index in [9.17, 15) is 0 Å². The average Bonchev–Trinajstić information content (AvgIpc) is 2.43. The van der Waals surface area contributed by atoms with Crippen molar-refractivity contribution in [2.24, 2.45) is 0 Å². The van der Waals surface area contributed by atoms with Gasteiger partial charge in [-0.3, -0.25) is 0 Å². The Morgan fingerprint density at radius 3 is 2.74 bits per heavy atom. The van der Waals surface area contributed by atoms with Gasteiger partial charge in [0.1, 0.15) is 5.75 Å². The number of pyridine rings is 1. The van der Waals surface area contributed by atoms with Gasteiger partial charge in [-0.25, -0.2) is 4.98 Å². The summed E-state index contributed by atoms with van der Waals surface area (Å²) in [7, 11) is 0. The first kappa shape index (κ1) is 13.8. The van der Waals surface area contributed by atoms with Gasteiger partial charge in [0.2, 0.25) is 5.88 Å². The predicted octanol–water partition coefficient (Wildman–Crippen LogP) is 3.89. The number of ether oxygens (including phenoxy) is 1. The standard InChI is InChI=1S/C15H16ClNO2/c1-3-12-7-13(4-5-14(12)16)19-15-10(2)6-11(9-18)8-17-15/h4-8,18H,3,9H2,1-2H3. The molecule has 1 aromatic heterocycles. The number of aliphatic hydroxyl groups is 1. The molecule has 0 aliphatic heterocycles. The molecular weight excluding hydrogens is 262 g/mol. The number of halogens is 1. The lowest BCUT2D eigenvalue weighted by Gasteiger charge is -2.10. The topological polar surface area (TPSA) is 42.4 Å². The van der Waals surface area contributed by atoms with Gasteiger partial charge in [-0.15, -0.1) is 0 Å². The molecule has 1 heterocycles. The van der Waals surface area contributed by atoms with Crippen molar-refractivity contribution < 1.29 is 9.84 Å². The van der Waals surface area contributed by atoms with E-state index in [1.54, 1.807) is 6.20 Å². The summed E-state index contributed by atoms with van der Waals surface area (Å²) in [6, 6.07) is 7.43. The smallest absolute Gasteiger partial charge is 0.222 e. The molecule has 0 saturated heterocycles. The van der Waals surface area contributed by atoms with E-state index >= 15 is 0 Å². The third kappa shape index (κ3) is 3.25. The van der Waals surface area contributed by atoms with E-state index in [0.717, 1.165) is 28.1 Å². The highest BCUT2D eigenvalue weighted by Crippen LogP contribution is 2.27. The van der Waals surface area contributed by atoms with E-state index < -0.39 is 0 Å². The van der Waals surface area contributed by atoms with Gasteiger partial charge in [-0.2, -0.15) is 0 Å². The fourth-order valence-electron chi connectivity index (χ4n) is 1.81. The SMILES string of the molecule is CCc1cc(Oc2ncc(CO)cc2C)ccc1Cl. The molecule has 0 spiro atoms. The van der Waals surface area contributed by atoms with Crippen molar-refractivity contribution in [1.29, 1.82) is 0 Å². The quantitative estimate of drug-likeness (QED) is 0.922. The van der Waals surface area contributed by atoms with Gasteiger partial charge < -0.3 is 9.84 Å². The second kappa shape index (κ2) is 6.04. The molecule has 0 saturated carbocycles. The van der Waals surface area contributed by atoms with E-state index in [1.807, 2.05) is 38.1 Å². The molecule has 3 nitrogen and oxygen atoms in total. The fraction of sp³-hybridized carbons (Fsp3) is 0.267. The molecule has 0 atom stereocenters. The summed E-state index contributed by atoms with van der Waals surface area (Å²) in [6.45, 7) is 3.93. The van der Waals surface area contributed by atoms with E-state index in [-0.39, 0.29) is 6.61 Å². The van der Waals surface area contributed by atoms with Crippen molar-refractivity contribution in [2.75, 3.05) is 0 Å². The molecule has 4 heteroatoms. The first-order valence-electron chi connectivity index (χ1n) is 6.16. The normalized spacial score (nSPS) is 10.5. The maximum absolute atomic E-state index is 9.05. The molecule has 0 bridgehead atoms. The minimum Gasteiger partial charge on any atom is -0.439 e. The van der Waals surface area contributed by atoms with Crippen LogP contribution in [0.5, 0.6) is 11.6 Å². The van der Waals surface area contributed by atoms with Crippen LogP contribution < -0.4 is 4.74 Å². The Kier molecular flexibility index (Phi) is 4.40. The maximum atomic E-state index is 9.05. The number of hydrogen-bond donors (Lipinski definition) is 1. The van der Waals surface area contributed by atoms with Gasteiger partial charge in [-0.05, 0) is 48.7 Å². The third-order valence-electron chi connectivity index (χ3n) is 2.88. The van der Waals surface area contributed by atoms with Crippen molar-refractivity contribution in [3.8, 4) is 11.6 Å². The predicted molar refractivity (Wildman–Crippen MR) is 75.8 cm³/mol.